The molecule has 0 spiro atoms. The maximum Gasteiger partial charge on any atom is 0.472 e. The van der Waals surface area contributed by atoms with Crippen LogP contribution < -0.4 is 5.73 Å². The zero-order chi connectivity index (χ0) is 5.28. The second-order valence-corrected chi connectivity index (χ2v) is 1.71. The van der Waals surface area contributed by atoms with E-state index in [9.17, 15) is 0 Å². The molecule has 1 aliphatic heterocycles. The molecule has 1 atom stereocenters. The summed E-state index contributed by atoms with van der Waals surface area (Å²) in [4.78, 5) is 0. The van der Waals surface area contributed by atoms with E-state index >= 15 is 0 Å². The van der Waals surface area contributed by atoms with Gasteiger partial charge in [-0.25, -0.2) is 0 Å². The average Bonchev–Trinajstić information content (AvgIpc) is 1.91. The fourth-order valence-corrected chi connectivity index (χ4v) is 0.591. The average molecular weight is 137 g/mol. The first-order valence-electron chi connectivity index (χ1n) is 2.36. The van der Waals surface area contributed by atoms with Crippen molar-refractivity contribution in [1.82, 2.24) is 0 Å². The van der Waals surface area contributed by atoms with Gasteiger partial charge in [0.1, 0.15) is 0 Å². The first kappa shape index (κ1) is 8.23. The van der Waals surface area contributed by atoms with Gasteiger partial charge in [0.25, 0.3) is 0 Å². The van der Waals surface area contributed by atoms with E-state index in [1.807, 2.05) is 0 Å². The summed E-state index contributed by atoms with van der Waals surface area (Å²) in [6.45, 7) is 0.600. The van der Waals surface area contributed by atoms with Gasteiger partial charge in [0.05, 0.1) is 0 Å². The van der Waals surface area contributed by atoms with Crippen molar-refractivity contribution in [3.05, 3.63) is 0 Å². The van der Waals surface area contributed by atoms with Crippen molar-refractivity contribution < 1.29 is 9.68 Å². The van der Waals surface area contributed by atoms with Crippen molar-refractivity contribution in [2.75, 3.05) is 6.61 Å². The van der Waals surface area contributed by atoms with Gasteiger partial charge in [0, 0.05) is 12.5 Å². The predicted molar refractivity (Wildman–Crippen MR) is 33.8 cm³/mol. The molecule has 1 fully saturated rings. The van der Waals surface area contributed by atoms with E-state index in [1.165, 1.54) is 0 Å². The lowest BCUT2D eigenvalue weighted by atomic mass is 9.81. The molecular weight excluding hydrogens is 128 g/mol. The minimum atomic E-state index is -0.708. The zero-order valence-corrected chi connectivity index (χ0v) is 5.23. The third-order valence-electron chi connectivity index (χ3n) is 1.11. The second-order valence-electron chi connectivity index (χ2n) is 1.71. The molecule has 1 aliphatic rings. The Kier molecular flexibility index (Phi) is 3.39. The van der Waals surface area contributed by atoms with Crippen LogP contribution in [0, 0.1) is 0 Å². The van der Waals surface area contributed by atoms with Crippen LogP contribution in [0.25, 0.3) is 0 Å². The van der Waals surface area contributed by atoms with Gasteiger partial charge < -0.3 is 15.4 Å². The Morgan fingerprint density at radius 1 is 1.75 bits per heavy atom. The number of rotatable bonds is 0. The molecule has 3 N–H and O–H groups in total. The van der Waals surface area contributed by atoms with Crippen LogP contribution in [0.2, 0.25) is 0 Å². The van der Waals surface area contributed by atoms with Gasteiger partial charge >= 0.3 is 7.12 Å². The second kappa shape index (κ2) is 3.30. The highest BCUT2D eigenvalue weighted by Crippen LogP contribution is 2.02. The largest absolute Gasteiger partial charge is 0.472 e. The number of nitrogens with two attached hydrogens (primary N) is 1. The van der Waals surface area contributed by atoms with Crippen molar-refractivity contribution >= 4 is 19.5 Å². The summed E-state index contributed by atoms with van der Waals surface area (Å²) in [5.41, 5.74) is 5.30. The highest BCUT2D eigenvalue weighted by atomic mass is 35.5. The first-order chi connectivity index (χ1) is 3.30. The van der Waals surface area contributed by atoms with Crippen molar-refractivity contribution in [2.24, 2.45) is 5.73 Å². The van der Waals surface area contributed by atoms with Crippen LogP contribution in [0.1, 0.15) is 6.42 Å². The van der Waals surface area contributed by atoms with Gasteiger partial charge in [-0.05, 0) is 6.42 Å². The van der Waals surface area contributed by atoms with E-state index in [1.54, 1.807) is 0 Å². The molecular formula is C3H9BClNO2. The Labute approximate surface area is 54.8 Å². The summed E-state index contributed by atoms with van der Waals surface area (Å²) in [5, 5.41) is 8.65. The maximum absolute atomic E-state index is 8.65. The van der Waals surface area contributed by atoms with Crippen LogP contribution in [0.4, 0.5) is 0 Å². The van der Waals surface area contributed by atoms with Gasteiger partial charge in [-0.2, -0.15) is 0 Å². The molecule has 8 heavy (non-hydrogen) atoms. The summed E-state index contributed by atoms with van der Waals surface area (Å²) >= 11 is 0. The maximum atomic E-state index is 8.65. The normalized spacial score (nSPS) is 27.8. The van der Waals surface area contributed by atoms with Gasteiger partial charge in [-0.15, -0.1) is 12.4 Å². The fourth-order valence-electron chi connectivity index (χ4n) is 0.591. The SMILES string of the molecule is Cl.NC1CCOB1O. The highest BCUT2D eigenvalue weighted by molar-refractivity contribution is 6.45. The minimum absolute atomic E-state index is 0. The molecule has 0 aliphatic carbocycles. The fraction of sp³-hybridized carbons (Fsp3) is 1.00. The third kappa shape index (κ3) is 1.63. The standard InChI is InChI=1S/C3H8BNO2.ClH/c5-3-1-2-7-4(3)6;/h3,6H,1-2,5H2;1H. The Hall–Kier alpha value is 0.235. The Balaban J connectivity index is 0.000000490. The first-order valence-corrected chi connectivity index (χ1v) is 2.36. The predicted octanol–water partition coefficient (Wildman–Crippen LogP) is -0.825. The van der Waals surface area contributed by atoms with E-state index in [4.69, 9.17) is 15.4 Å². The lowest BCUT2D eigenvalue weighted by molar-refractivity contribution is 0.301. The van der Waals surface area contributed by atoms with Crippen LogP contribution in [0.3, 0.4) is 0 Å². The summed E-state index contributed by atoms with van der Waals surface area (Å²) < 4.78 is 4.70. The van der Waals surface area contributed by atoms with Crippen molar-refractivity contribution in [3.8, 4) is 0 Å². The zero-order valence-electron chi connectivity index (χ0n) is 4.41. The summed E-state index contributed by atoms with van der Waals surface area (Å²) in [5.74, 6) is -0.153. The summed E-state index contributed by atoms with van der Waals surface area (Å²) in [6.07, 6.45) is 0.779. The molecule has 0 bridgehead atoms. The van der Waals surface area contributed by atoms with Gasteiger partial charge in [-0.3, -0.25) is 0 Å². The molecule has 0 saturated carbocycles. The Morgan fingerprint density at radius 2 is 2.38 bits per heavy atom. The molecule has 0 aromatic rings. The molecule has 0 aromatic heterocycles. The third-order valence-corrected chi connectivity index (χ3v) is 1.11. The quantitative estimate of drug-likeness (QED) is 0.429. The van der Waals surface area contributed by atoms with Crippen molar-refractivity contribution in [1.29, 1.82) is 0 Å². The summed E-state index contributed by atoms with van der Waals surface area (Å²) in [6, 6.07) is 0. The number of hydrogen-bond donors (Lipinski definition) is 2. The molecule has 3 nitrogen and oxygen atoms in total. The molecule has 1 saturated heterocycles. The highest BCUT2D eigenvalue weighted by Gasteiger charge is 2.28. The van der Waals surface area contributed by atoms with Crippen LogP contribution in [-0.2, 0) is 4.65 Å². The molecule has 0 aromatic carbocycles. The van der Waals surface area contributed by atoms with E-state index in [2.05, 4.69) is 0 Å². The van der Waals surface area contributed by atoms with Crippen molar-refractivity contribution in [3.63, 3.8) is 0 Å². The van der Waals surface area contributed by atoms with Gasteiger partial charge in [0.15, 0.2) is 0 Å². The number of hydrogen-bond acceptors (Lipinski definition) is 3. The van der Waals surface area contributed by atoms with E-state index in [-0.39, 0.29) is 18.3 Å². The molecule has 1 rings (SSSR count). The van der Waals surface area contributed by atoms with Gasteiger partial charge in [0.2, 0.25) is 0 Å². The number of halogens is 1. The van der Waals surface area contributed by atoms with Crippen LogP contribution in [-0.4, -0.2) is 24.7 Å². The van der Waals surface area contributed by atoms with Crippen LogP contribution in [0.5, 0.6) is 0 Å². The summed E-state index contributed by atoms with van der Waals surface area (Å²) in [7, 11) is -0.708. The molecule has 48 valence electrons. The molecule has 1 unspecified atom stereocenters. The van der Waals surface area contributed by atoms with Crippen LogP contribution in [0.15, 0.2) is 0 Å². The lowest BCUT2D eigenvalue weighted by Gasteiger charge is -1.96. The molecule has 1 heterocycles. The monoisotopic (exact) mass is 137 g/mol. The lowest BCUT2D eigenvalue weighted by Crippen LogP contribution is -2.34. The Morgan fingerprint density at radius 3 is 2.50 bits per heavy atom. The van der Waals surface area contributed by atoms with E-state index in [0.717, 1.165) is 6.42 Å². The van der Waals surface area contributed by atoms with Crippen LogP contribution >= 0.6 is 12.4 Å². The molecule has 0 amide bonds. The minimum Gasteiger partial charge on any atom is -0.426 e. The molecule has 5 heteroatoms. The van der Waals surface area contributed by atoms with Crippen molar-refractivity contribution in [2.45, 2.75) is 12.4 Å². The smallest absolute Gasteiger partial charge is 0.426 e. The molecule has 0 radical (unpaired) electrons. The topological polar surface area (TPSA) is 55.5 Å². The van der Waals surface area contributed by atoms with E-state index in [0.29, 0.717) is 6.61 Å². The van der Waals surface area contributed by atoms with Gasteiger partial charge in [-0.1, -0.05) is 0 Å². The Bertz CT molecular complexity index is 66.3. The van der Waals surface area contributed by atoms with E-state index < -0.39 is 7.12 Å².